The molecule has 1 nitrogen and oxygen atoms in total. The number of likely N-dealkylation sites (N-methyl/N-ethyl adjacent to an activating group) is 1. The van der Waals surface area contributed by atoms with Gasteiger partial charge >= 0.3 is 0 Å². The molecule has 0 saturated heterocycles. The third-order valence-corrected chi connectivity index (χ3v) is 5.40. The summed E-state index contributed by atoms with van der Waals surface area (Å²) in [5.74, 6) is 0. The Bertz CT molecular complexity index is 568. The third kappa shape index (κ3) is 3.96. The minimum Gasteiger partial charge on any atom is -0.312 e. The van der Waals surface area contributed by atoms with E-state index in [1.165, 1.54) is 26.4 Å². The van der Waals surface area contributed by atoms with E-state index in [-0.39, 0.29) is 5.41 Å². The van der Waals surface area contributed by atoms with Gasteiger partial charge < -0.3 is 5.32 Å². The van der Waals surface area contributed by atoms with E-state index in [0.717, 1.165) is 6.42 Å². The number of hydrogen-bond donors (Lipinski definition) is 1. The number of hydrogen-bond acceptors (Lipinski definition) is 2. The molecule has 1 heterocycles. The quantitative estimate of drug-likeness (QED) is 0.822. The monoisotopic (exact) mass is 301 g/mol. The molecule has 0 amide bonds. The van der Waals surface area contributed by atoms with E-state index in [4.69, 9.17) is 0 Å². The molecule has 2 rings (SSSR count). The standard InChI is InChI=1S/C19H27NS/c1-13-11-18(21-14(13)2)17(20-6)12-15-7-9-16(10-8-15)19(3,4)5/h7-11,17,20H,12H2,1-6H3. The van der Waals surface area contributed by atoms with Crippen LogP contribution in [0.3, 0.4) is 0 Å². The average molecular weight is 301 g/mol. The average Bonchev–Trinajstić information content (AvgIpc) is 2.75. The zero-order chi connectivity index (χ0) is 15.6. The van der Waals surface area contributed by atoms with E-state index in [2.05, 4.69) is 77.3 Å². The maximum atomic E-state index is 3.46. The summed E-state index contributed by atoms with van der Waals surface area (Å²) in [6.45, 7) is 11.2. The predicted molar refractivity (Wildman–Crippen MR) is 94.4 cm³/mol. The SMILES string of the molecule is CNC(Cc1ccc(C(C)(C)C)cc1)c1cc(C)c(C)s1. The van der Waals surface area contributed by atoms with Crippen LogP contribution in [0.15, 0.2) is 30.3 Å². The van der Waals surface area contributed by atoms with Crippen molar-refractivity contribution in [2.45, 2.75) is 52.5 Å². The van der Waals surface area contributed by atoms with E-state index in [1.54, 1.807) is 0 Å². The van der Waals surface area contributed by atoms with Crippen LogP contribution in [0.25, 0.3) is 0 Å². The lowest BCUT2D eigenvalue weighted by Gasteiger charge is -2.20. The second-order valence-electron chi connectivity index (χ2n) is 6.88. The van der Waals surface area contributed by atoms with Gasteiger partial charge in [0.2, 0.25) is 0 Å². The maximum absolute atomic E-state index is 3.46. The lowest BCUT2D eigenvalue weighted by molar-refractivity contribution is 0.586. The fourth-order valence-electron chi connectivity index (χ4n) is 2.49. The van der Waals surface area contributed by atoms with Crippen molar-refractivity contribution >= 4 is 11.3 Å². The Morgan fingerprint density at radius 3 is 2.14 bits per heavy atom. The minimum atomic E-state index is 0.225. The second-order valence-corrected chi connectivity index (χ2v) is 8.17. The van der Waals surface area contributed by atoms with Crippen LogP contribution in [0.5, 0.6) is 0 Å². The van der Waals surface area contributed by atoms with Crippen molar-refractivity contribution in [3.63, 3.8) is 0 Å². The molecular formula is C19H27NS. The van der Waals surface area contributed by atoms with Gasteiger partial charge in [-0.2, -0.15) is 0 Å². The summed E-state index contributed by atoms with van der Waals surface area (Å²) in [6.07, 6.45) is 1.04. The van der Waals surface area contributed by atoms with Gasteiger partial charge in [-0.05, 0) is 55.5 Å². The molecule has 0 aliphatic heterocycles. The molecule has 0 saturated carbocycles. The highest BCUT2D eigenvalue weighted by molar-refractivity contribution is 7.12. The smallest absolute Gasteiger partial charge is 0.0453 e. The van der Waals surface area contributed by atoms with Crippen molar-refractivity contribution in [2.24, 2.45) is 0 Å². The molecule has 0 bridgehead atoms. The molecule has 2 heteroatoms. The molecule has 1 aromatic carbocycles. The molecule has 21 heavy (non-hydrogen) atoms. The summed E-state index contributed by atoms with van der Waals surface area (Å²) in [4.78, 5) is 2.86. The van der Waals surface area contributed by atoms with Crippen molar-refractivity contribution in [1.82, 2.24) is 5.32 Å². The van der Waals surface area contributed by atoms with Gasteiger partial charge in [0.05, 0.1) is 0 Å². The summed E-state index contributed by atoms with van der Waals surface area (Å²) in [5.41, 5.74) is 4.42. The zero-order valence-corrected chi connectivity index (χ0v) is 14.9. The van der Waals surface area contributed by atoms with Crippen LogP contribution >= 0.6 is 11.3 Å². The van der Waals surface area contributed by atoms with Gasteiger partial charge in [-0.25, -0.2) is 0 Å². The Hall–Kier alpha value is -1.12. The molecule has 2 aromatic rings. The molecule has 0 aliphatic rings. The fourth-order valence-corrected chi connectivity index (χ4v) is 3.65. The first-order chi connectivity index (χ1) is 9.81. The minimum absolute atomic E-state index is 0.225. The summed E-state index contributed by atoms with van der Waals surface area (Å²) < 4.78 is 0. The maximum Gasteiger partial charge on any atom is 0.0453 e. The predicted octanol–water partition coefficient (Wildman–Crippen LogP) is 5.17. The second kappa shape index (κ2) is 6.33. The fraction of sp³-hybridized carbons (Fsp3) is 0.474. The largest absolute Gasteiger partial charge is 0.312 e. The Morgan fingerprint density at radius 1 is 1.10 bits per heavy atom. The van der Waals surface area contributed by atoms with Crippen molar-refractivity contribution in [3.05, 3.63) is 56.8 Å². The van der Waals surface area contributed by atoms with Crippen LogP contribution < -0.4 is 5.32 Å². The van der Waals surface area contributed by atoms with Gasteiger partial charge in [0, 0.05) is 15.8 Å². The van der Waals surface area contributed by atoms with Crippen LogP contribution in [0.2, 0.25) is 0 Å². The summed E-state index contributed by atoms with van der Waals surface area (Å²) >= 11 is 1.91. The van der Waals surface area contributed by atoms with E-state index in [1.807, 2.05) is 11.3 Å². The van der Waals surface area contributed by atoms with Crippen LogP contribution in [-0.2, 0) is 11.8 Å². The summed E-state index contributed by atoms with van der Waals surface area (Å²) in [6, 6.07) is 11.8. The third-order valence-electron chi connectivity index (χ3n) is 4.14. The normalized spacial score (nSPS) is 13.4. The van der Waals surface area contributed by atoms with Crippen molar-refractivity contribution in [3.8, 4) is 0 Å². The van der Waals surface area contributed by atoms with Crippen LogP contribution in [0.1, 0.15) is 53.3 Å². The van der Waals surface area contributed by atoms with Gasteiger partial charge in [0.25, 0.3) is 0 Å². The van der Waals surface area contributed by atoms with Crippen LogP contribution in [-0.4, -0.2) is 7.05 Å². The van der Waals surface area contributed by atoms with Crippen LogP contribution in [0, 0.1) is 13.8 Å². The highest BCUT2D eigenvalue weighted by Crippen LogP contribution is 2.29. The number of thiophene rings is 1. The molecular weight excluding hydrogens is 274 g/mol. The molecule has 0 fully saturated rings. The van der Waals surface area contributed by atoms with Crippen molar-refractivity contribution in [1.29, 1.82) is 0 Å². The summed E-state index contributed by atoms with van der Waals surface area (Å²) in [5, 5.41) is 3.46. The summed E-state index contributed by atoms with van der Waals surface area (Å²) in [7, 11) is 2.05. The molecule has 1 unspecified atom stereocenters. The van der Waals surface area contributed by atoms with E-state index >= 15 is 0 Å². The van der Waals surface area contributed by atoms with Gasteiger partial charge in [-0.3, -0.25) is 0 Å². The first-order valence-corrected chi connectivity index (χ1v) is 8.46. The molecule has 0 spiro atoms. The first kappa shape index (κ1) is 16.3. The van der Waals surface area contributed by atoms with E-state index in [9.17, 15) is 0 Å². The first-order valence-electron chi connectivity index (χ1n) is 7.65. The molecule has 0 aliphatic carbocycles. The number of benzene rings is 1. The number of rotatable bonds is 4. The highest BCUT2D eigenvalue weighted by atomic mass is 32.1. The molecule has 1 atom stereocenters. The molecule has 114 valence electrons. The molecule has 0 radical (unpaired) electrons. The number of aryl methyl sites for hydroxylation is 2. The van der Waals surface area contributed by atoms with E-state index < -0.39 is 0 Å². The van der Waals surface area contributed by atoms with Gasteiger partial charge in [-0.1, -0.05) is 45.0 Å². The van der Waals surface area contributed by atoms with E-state index in [0.29, 0.717) is 6.04 Å². The lowest BCUT2D eigenvalue weighted by Crippen LogP contribution is -2.18. The van der Waals surface area contributed by atoms with Crippen LogP contribution in [0.4, 0.5) is 0 Å². The highest BCUT2D eigenvalue weighted by Gasteiger charge is 2.16. The van der Waals surface area contributed by atoms with Gasteiger partial charge in [-0.15, -0.1) is 11.3 Å². The number of nitrogens with one attached hydrogen (secondary N) is 1. The Balaban J connectivity index is 2.15. The topological polar surface area (TPSA) is 12.0 Å². The Kier molecular flexibility index (Phi) is 4.90. The van der Waals surface area contributed by atoms with Gasteiger partial charge in [0.15, 0.2) is 0 Å². The molecule has 1 aromatic heterocycles. The Labute approximate surface area is 133 Å². The molecule has 1 N–H and O–H groups in total. The zero-order valence-electron chi connectivity index (χ0n) is 14.1. The van der Waals surface area contributed by atoms with Crippen molar-refractivity contribution in [2.75, 3.05) is 7.05 Å². The van der Waals surface area contributed by atoms with Gasteiger partial charge in [0.1, 0.15) is 0 Å². The Morgan fingerprint density at radius 2 is 1.71 bits per heavy atom. The van der Waals surface area contributed by atoms with Crippen molar-refractivity contribution < 1.29 is 0 Å². The lowest BCUT2D eigenvalue weighted by atomic mass is 9.86.